The predicted molar refractivity (Wildman–Crippen MR) is 98.6 cm³/mol. The van der Waals surface area contributed by atoms with Gasteiger partial charge >= 0.3 is 0 Å². The van der Waals surface area contributed by atoms with Crippen LogP contribution in [0.25, 0.3) is 10.9 Å². The van der Waals surface area contributed by atoms with Gasteiger partial charge in [-0.1, -0.05) is 29.8 Å². The predicted octanol–water partition coefficient (Wildman–Crippen LogP) is 3.21. The number of ether oxygens (including phenoxy) is 1. The highest BCUT2D eigenvalue weighted by Gasteiger charge is 2.47. The van der Waals surface area contributed by atoms with E-state index in [2.05, 4.69) is 49.2 Å². The van der Waals surface area contributed by atoms with Crippen LogP contribution < -0.4 is 4.84 Å². The number of fused-ring (bicyclic) bond motifs is 2. The van der Waals surface area contributed by atoms with Crippen LogP contribution in [-0.4, -0.2) is 43.0 Å². The van der Waals surface area contributed by atoms with E-state index < -0.39 is 0 Å². The Labute approximate surface area is 149 Å². The topological polar surface area (TPSA) is 26.6 Å². The van der Waals surface area contributed by atoms with Gasteiger partial charge in [-0.25, -0.2) is 0 Å². The summed E-state index contributed by atoms with van der Waals surface area (Å²) in [5.41, 5.74) is 5.40. The molecule has 3 aliphatic heterocycles. The standard InChI is InChI=1S/C21H26N2O2/c1-4-13-11-22(2)19-9-16-14-7-5-6-8-18(14)23(24-3)21(16)20-10-15(13)17(19)12-25-20/h4-8,15,17,19-20H,9-12H2,1-3H3/b13-4-/t15-,17-,19-,20-/m0/s1. The zero-order valence-corrected chi connectivity index (χ0v) is 15.2. The van der Waals surface area contributed by atoms with Crippen molar-refractivity contribution in [2.24, 2.45) is 11.8 Å². The molecule has 0 unspecified atom stereocenters. The van der Waals surface area contributed by atoms with Gasteiger partial charge in [0.1, 0.15) is 13.2 Å². The fourth-order valence-electron chi connectivity index (χ4n) is 5.52. The third kappa shape index (κ3) is 2.07. The minimum atomic E-state index is 0.128. The number of hydrogen-bond acceptors (Lipinski definition) is 3. The molecule has 0 amide bonds. The largest absolute Gasteiger partial charge is 0.417 e. The Hall–Kier alpha value is -1.78. The van der Waals surface area contributed by atoms with Gasteiger partial charge in [0.25, 0.3) is 0 Å². The fourth-order valence-corrected chi connectivity index (χ4v) is 5.52. The van der Waals surface area contributed by atoms with Gasteiger partial charge in [-0.15, -0.1) is 0 Å². The summed E-state index contributed by atoms with van der Waals surface area (Å²) >= 11 is 0. The van der Waals surface area contributed by atoms with Gasteiger partial charge < -0.3 is 9.57 Å². The Morgan fingerprint density at radius 1 is 1.28 bits per heavy atom. The summed E-state index contributed by atoms with van der Waals surface area (Å²) in [6.45, 7) is 4.13. The Balaban J connectivity index is 1.75. The molecule has 0 N–H and O–H groups in total. The molecule has 25 heavy (non-hydrogen) atoms. The van der Waals surface area contributed by atoms with E-state index in [0.717, 1.165) is 31.5 Å². The molecule has 2 saturated heterocycles. The average molecular weight is 338 g/mol. The number of aromatic nitrogens is 1. The lowest BCUT2D eigenvalue weighted by Crippen LogP contribution is -2.54. The molecule has 4 nitrogen and oxygen atoms in total. The number of rotatable bonds is 1. The summed E-state index contributed by atoms with van der Waals surface area (Å²) in [7, 11) is 4.04. The number of para-hydroxylation sites is 1. The van der Waals surface area contributed by atoms with Crippen LogP contribution in [0.2, 0.25) is 0 Å². The summed E-state index contributed by atoms with van der Waals surface area (Å²) in [6, 6.07) is 9.14. The maximum atomic E-state index is 6.40. The molecule has 1 aromatic carbocycles. The zero-order valence-electron chi connectivity index (χ0n) is 15.2. The quantitative estimate of drug-likeness (QED) is 0.747. The molecule has 0 radical (unpaired) electrons. The second-order valence-corrected chi connectivity index (χ2v) is 7.74. The Bertz CT molecular complexity index is 853. The van der Waals surface area contributed by atoms with Crippen LogP contribution in [0, 0.1) is 11.8 Å². The number of allylic oxidation sites excluding steroid dienone is 1. The number of nitrogens with zero attached hydrogens (tertiary/aromatic N) is 2. The highest BCUT2D eigenvalue weighted by atomic mass is 16.6. The highest BCUT2D eigenvalue weighted by Crippen LogP contribution is 2.49. The molecule has 2 aromatic rings. The molecule has 4 heterocycles. The van der Waals surface area contributed by atoms with Gasteiger partial charge in [0.05, 0.1) is 17.8 Å². The number of hydrogen-bond donors (Lipinski definition) is 0. The van der Waals surface area contributed by atoms with Crippen molar-refractivity contribution in [3.05, 3.63) is 47.2 Å². The molecule has 1 aliphatic carbocycles. The Kier molecular flexibility index (Phi) is 3.47. The van der Waals surface area contributed by atoms with E-state index in [0.29, 0.717) is 17.9 Å². The van der Waals surface area contributed by atoms with Crippen LogP contribution in [0.3, 0.4) is 0 Å². The van der Waals surface area contributed by atoms with Gasteiger partial charge in [-0.3, -0.25) is 4.90 Å². The minimum absolute atomic E-state index is 0.128. The molecule has 132 valence electrons. The number of likely N-dealkylation sites (N-methyl/N-ethyl adjacent to an activating group) is 1. The highest BCUT2D eigenvalue weighted by molar-refractivity contribution is 5.85. The van der Waals surface area contributed by atoms with Crippen LogP contribution in [0.1, 0.15) is 30.7 Å². The molecule has 0 saturated carbocycles. The normalized spacial score (nSPS) is 33.3. The fraction of sp³-hybridized carbons (Fsp3) is 0.524. The molecule has 2 fully saturated rings. The number of piperidine rings is 1. The zero-order chi connectivity index (χ0) is 17.1. The van der Waals surface area contributed by atoms with E-state index in [-0.39, 0.29) is 6.10 Å². The van der Waals surface area contributed by atoms with E-state index in [1.165, 1.54) is 16.6 Å². The maximum Gasteiger partial charge on any atom is 0.104 e. The van der Waals surface area contributed by atoms with E-state index in [1.54, 1.807) is 12.7 Å². The van der Waals surface area contributed by atoms with Gasteiger partial charge in [0, 0.05) is 23.9 Å². The van der Waals surface area contributed by atoms with E-state index in [1.807, 2.05) is 4.73 Å². The van der Waals surface area contributed by atoms with Gasteiger partial charge in [0.2, 0.25) is 0 Å². The van der Waals surface area contributed by atoms with Crippen molar-refractivity contribution in [2.75, 3.05) is 27.3 Å². The molecule has 6 rings (SSSR count). The van der Waals surface area contributed by atoms with Crippen molar-refractivity contribution in [1.82, 2.24) is 9.63 Å². The van der Waals surface area contributed by atoms with Crippen molar-refractivity contribution in [3.8, 4) is 0 Å². The molecule has 4 heteroatoms. The third-order valence-electron chi connectivity index (χ3n) is 6.69. The summed E-state index contributed by atoms with van der Waals surface area (Å²) in [4.78, 5) is 8.36. The first kappa shape index (κ1) is 15.5. The van der Waals surface area contributed by atoms with Crippen molar-refractivity contribution in [1.29, 1.82) is 0 Å². The van der Waals surface area contributed by atoms with Gasteiger partial charge in [0.15, 0.2) is 0 Å². The molecular weight excluding hydrogens is 312 g/mol. The van der Waals surface area contributed by atoms with Crippen molar-refractivity contribution in [3.63, 3.8) is 0 Å². The van der Waals surface area contributed by atoms with Crippen LogP contribution >= 0.6 is 0 Å². The monoisotopic (exact) mass is 338 g/mol. The van der Waals surface area contributed by atoms with Crippen LogP contribution in [0.5, 0.6) is 0 Å². The summed E-state index contributed by atoms with van der Waals surface area (Å²) in [5, 5.41) is 1.32. The maximum absolute atomic E-state index is 6.40. The summed E-state index contributed by atoms with van der Waals surface area (Å²) < 4.78 is 8.42. The average Bonchev–Trinajstić information content (AvgIpc) is 2.94. The minimum Gasteiger partial charge on any atom is -0.417 e. The first-order valence-electron chi connectivity index (χ1n) is 9.36. The lowest BCUT2D eigenvalue weighted by Gasteiger charge is -2.51. The van der Waals surface area contributed by atoms with E-state index >= 15 is 0 Å². The second kappa shape index (κ2) is 5.61. The summed E-state index contributed by atoms with van der Waals surface area (Å²) in [5.74, 6) is 1.24. The lowest BCUT2D eigenvalue weighted by molar-refractivity contribution is -0.0887. The van der Waals surface area contributed by atoms with Crippen LogP contribution in [0.15, 0.2) is 35.9 Å². The third-order valence-corrected chi connectivity index (χ3v) is 6.69. The number of benzene rings is 1. The van der Waals surface area contributed by atoms with E-state index in [4.69, 9.17) is 9.57 Å². The first-order chi connectivity index (χ1) is 12.2. The SMILES string of the molecule is C/C=C1/CN(C)[C@H]2Cc3c(n(OC)c4ccccc34)[C@@H]3C[C@@H]1[C@@H]2CO3. The lowest BCUT2D eigenvalue weighted by atomic mass is 9.69. The van der Waals surface area contributed by atoms with Crippen LogP contribution in [-0.2, 0) is 11.2 Å². The molecule has 1 aromatic heterocycles. The molecule has 4 atom stereocenters. The van der Waals surface area contributed by atoms with Crippen molar-refractivity contribution < 1.29 is 9.57 Å². The smallest absolute Gasteiger partial charge is 0.104 e. The molecular formula is C21H26N2O2. The second-order valence-electron chi connectivity index (χ2n) is 7.74. The molecule has 4 aliphatic rings. The van der Waals surface area contributed by atoms with Gasteiger partial charge in [-0.05, 0) is 44.4 Å². The summed E-state index contributed by atoms with van der Waals surface area (Å²) in [6.07, 6.45) is 4.62. The number of likely N-dealkylation sites (tertiary alicyclic amines) is 1. The molecule has 4 bridgehead atoms. The van der Waals surface area contributed by atoms with E-state index in [9.17, 15) is 0 Å². The Morgan fingerprint density at radius 2 is 2.12 bits per heavy atom. The molecule has 0 spiro atoms. The Morgan fingerprint density at radius 3 is 2.92 bits per heavy atom. The van der Waals surface area contributed by atoms with Gasteiger partial charge in [-0.2, -0.15) is 4.73 Å². The van der Waals surface area contributed by atoms with Crippen molar-refractivity contribution in [2.45, 2.75) is 31.9 Å². The van der Waals surface area contributed by atoms with Crippen molar-refractivity contribution >= 4 is 10.9 Å². The van der Waals surface area contributed by atoms with Crippen LogP contribution in [0.4, 0.5) is 0 Å². The first-order valence-corrected chi connectivity index (χ1v) is 9.36.